The van der Waals surface area contributed by atoms with Crippen LogP contribution in [0.15, 0.2) is 45.9 Å². The first-order valence-electron chi connectivity index (χ1n) is 10.2. The molecule has 0 aliphatic carbocycles. The fraction of sp³-hybridized carbons (Fsp3) is 0.273. The number of carboxylic acid groups (broad SMARTS) is 1. The number of aromatic carboxylic acids is 1. The smallest absolute Gasteiger partial charge is 0.371 e. The van der Waals surface area contributed by atoms with E-state index in [1.807, 2.05) is 0 Å². The summed E-state index contributed by atoms with van der Waals surface area (Å²) in [5.74, 6) is -0.717. The molecule has 3 aromatic rings. The molecule has 178 valence electrons. The molecule has 1 aromatic carbocycles. The Bertz CT molecular complexity index is 1240. The van der Waals surface area contributed by atoms with Crippen molar-refractivity contribution in [3.05, 3.63) is 75.0 Å². The first-order valence-corrected chi connectivity index (χ1v) is 10.2. The Balaban J connectivity index is 1.50. The molecule has 12 heteroatoms. The summed E-state index contributed by atoms with van der Waals surface area (Å²) in [6.07, 6.45) is 0.0546. The monoisotopic (exact) mass is 469 g/mol. The lowest BCUT2D eigenvalue weighted by Crippen LogP contribution is -2.21. The molecule has 12 nitrogen and oxygen atoms in total. The van der Waals surface area contributed by atoms with E-state index in [2.05, 4.69) is 15.6 Å². The highest BCUT2D eigenvalue weighted by atomic mass is 16.6. The van der Waals surface area contributed by atoms with Gasteiger partial charge in [-0.25, -0.2) is 10.2 Å². The van der Waals surface area contributed by atoms with Crippen LogP contribution in [0.2, 0.25) is 0 Å². The minimum Gasteiger partial charge on any atom is -0.486 e. The highest BCUT2D eigenvalue weighted by Crippen LogP contribution is 2.22. The summed E-state index contributed by atoms with van der Waals surface area (Å²) in [6, 6.07) is 9.85. The van der Waals surface area contributed by atoms with Gasteiger partial charge in [-0.15, -0.1) is 0 Å². The molecule has 1 amide bonds. The zero-order valence-corrected chi connectivity index (χ0v) is 18.8. The van der Waals surface area contributed by atoms with Crippen LogP contribution in [-0.2, 0) is 17.9 Å². The van der Waals surface area contributed by atoms with Crippen molar-refractivity contribution in [2.24, 2.45) is 5.10 Å². The van der Waals surface area contributed by atoms with Crippen molar-refractivity contribution in [3.8, 4) is 5.75 Å². The van der Waals surface area contributed by atoms with Crippen LogP contribution in [-0.4, -0.2) is 37.4 Å². The normalized spacial score (nSPS) is 11.3. The summed E-state index contributed by atoms with van der Waals surface area (Å²) >= 11 is 0. The van der Waals surface area contributed by atoms with Crippen LogP contribution in [0.5, 0.6) is 5.75 Å². The fourth-order valence-electron chi connectivity index (χ4n) is 3.16. The van der Waals surface area contributed by atoms with E-state index in [1.54, 1.807) is 45.0 Å². The van der Waals surface area contributed by atoms with E-state index in [9.17, 15) is 19.7 Å². The van der Waals surface area contributed by atoms with Gasteiger partial charge < -0.3 is 14.3 Å². The van der Waals surface area contributed by atoms with Gasteiger partial charge in [0.1, 0.15) is 29.5 Å². The molecule has 0 aliphatic rings. The zero-order chi connectivity index (χ0) is 24.8. The molecule has 34 heavy (non-hydrogen) atoms. The predicted molar refractivity (Wildman–Crippen MR) is 120 cm³/mol. The van der Waals surface area contributed by atoms with E-state index in [4.69, 9.17) is 14.3 Å². The van der Waals surface area contributed by atoms with Crippen molar-refractivity contribution in [1.29, 1.82) is 0 Å². The van der Waals surface area contributed by atoms with Gasteiger partial charge in [-0.2, -0.15) is 10.2 Å². The van der Waals surface area contributed by atoms with Crippen molar-refractivity contribution in [1.82, 2.24) is 15.2 Å². The number of benzene rings is 1. The van der Waals surface area contributed by atoms with Gasteiger partial charge in [0.05, 0.1) is 17.2 Å². The number of carboxylic acids is 1. The molecular formula is C22H23N5O7. The van der Waals surface area contributed by atoms with Crippen LogP contribution in [0.1, 0.15) is 46.6 Å². The molecule has 0 spiro atoms. The predicted octanol–water partition coefficient (Wildman–Crippen LogP) is 3.21. The number of carbonyl (C=O) groups excluding carboxylic acids is 1. The number of nitrogens with zero attached hydrogens (tertiary/aromatic N) is 4. The Kier molecular flexibility index (Phi) is 7.41. The average Bonchev–Trinajstić information content (AvgIpc) is 3.39. The third-order valence-electron chi connectivity index (χ3n) is 4.95. The second kappa shape index (κ2) is 10.4. The van der Waals surface area contributed by atoms with Gasteiger partial charge in [-0.05, 0) is 62.7 Å². The topological polar surface area (TPSA) is 162 Å². The molecule has 0 fully saturated rings. The summed E-state index contributed by atoms with van der Waals surface area (Å²) in [5.41, 5.74) is 4.45. The Morgan fingerprint density at radius 3 is 2.53 bits per heavy atom. The van der Waals surface area contributed by atoms with Crippen LogP contribution < -0.4 is 10.2 Å². The van der Waals surface area contributed by atoms with Crippen molar-refractivity contribution >= 4 is 23.3 Å². The third-order valence-corrected chi connectivity index (χ3v) is 4.95. The molecule has 0 bridgehead atoms. The number of amides is 1. The van der Waals surface area contributed by atoms with Crippen molar-refractivity contribution in [3.63, 3.8) is 0 Å². The maximum absolute atomic E-state index is 12.1. The molecule has 0 atom stereocenters. The van der Waals surface area contributed by atoms with Gasteiger partial charge in [0.15, 0.2) is 0 Å². The van der Waals surface area contributed by atoms with E-state index in [0.717, 1.165) is 5.56 Å². The van der Waals surface area contributed by atoms with E-state index in [-0.39, 0.29) is 36.9 Å². The van der Waals surface area contributed by atoms with Crippen molar-refractivity contribution < 1.29 is 28.8 Å². The quantitative estimate of drug-likeness (QED) is 0.260. The van der Waals surface area contributed by atoms with E-state index in [1.165, 1.54) is 16.8 Å². The number of carbonyl (C=O) groups is 2. The zero-order valence-electron chi connectivity index (χ0n) is 18.8. The van der Waals surface area contributed by atoms with Gasteiger partial charge >= 0.3 is 11.7 Å². The van der Waals surface area contributed by atoms with Gasteiger partial charge in [0.2, 0.25) is 11.7 Å². The number of nitrogens with one attached hydrogen (secondary N) is 1. The SMILES string of the molecule is C/C(=N/NC(=O)CCn1nc(C)c([N+](=O)[O-])c1C)c1ccc(OCc2ccc(C(=O)O)o2)cc1. The second-order valence-corrected chi connectivity index (χ2v) is 7.37. The Labute approximate surface area is 194 Å². The number of rotatable bonds is 10. The van der Waals surface area contributed by atoms with Gasteiger partial charge in [0, 0.05) is 6.42 Å². The molecule has 0 saturated carbocycles. The van der Waals surface area contributed by atoms with Crippen LogP contribution in [0, 0.1) is 24.0 Å². The molecular weight excluding hydrogens is 446 g/mol. The highest BCUT2D eigenvalue weighted by molar-refractivity contribution is 5.99. The van der Waals surface area contributed by atoms with Crippen LogP contribution in [0.25, 0.3) is 0 Å². The summed E-state index contributed by atoms with van der Waals surface area (Å²) in [6.45, 7) is 5.15. The van der Waals surface area contributed by atoms with Crippen LogP contribution >= 0.6 is 0 Å². The molecule has 0 unspecified atom stereocenters. The number of ether oxygens (including phenoxy) is 1. The molecule has 3 rings (SSSR count). The average molecular weight is 469 g/mol. The Morgan fingerprint density at radius 2 is 1.94 bits per heavy atom. The molecule has 2 N–H and O–H groups in total. The Morgan fingerprint density at radius 1 is 1.24 bits per heavy atom. The molecule has 0 saturated heterocycles. The summed E-state index contributed by atoms with van der Waals surface area (Å²) in [7, 11) is 0. The molecule has 0 aliphatic heterocycles. The van der Waals surface area contributed by atoms with Crippen LogP contribution in [0.4, 0.5) is 5.69 Å². The second-order valence-electron chi connectivity index (χ2n) is 7.37. The van der Waals surface area contributed by atoms with Gasteiger partial charge in [-0.3, -0.25) is 19.6 Å². The van der Waals surface area contributed by atoms with Gasteiger partial charge in [-0.1, -0.05) is 0 Å². The summed E-state index contributed by atoms with van der Waals surface area (Å²) in [5, 5.41) is 28.1. The van der Waals surface area contributed by atoms with Crippen molar-refractivity contribution in [2.45, 2.75) is 40.3 Å². The largest absolute Gasteiger partial charge is 0.486 e. The third kappa shape index (κ3) is 5.85. The fourth-order valence-corrected chi connectivity index (χ4v) is 3.16. The first kappa shape index (κ1) is 24.2. The van der Waals surface area contributed by atoms with E-state index < -0.39 is 10.9 Å². The standard InChI is InChI=1S/C22H23N5O7/c1-13(23-24-20(28)10-11-26-15(3)21(27(31)32)14(2)25-26)16-4-6-17(7-5-16)33-12-18-8-9-19(34-18)22(29)30/h4-9H,10-12H2,1-3H3,(H,24,28)(H,29,30)/b23-13-. The first-order chi connectivity index (χ1) is 16.2. The summed E-state index contributed by atoms with van der Waals surface area (Å²) in [4.78, 5) is 33.6. The number of aromatic nitrogens is 2. The minimum absolute atomic E-state index is 0.0455. The van der Waals surface area contributed by atoms with Gasteiger partial charge in [0.25, 0.3) is 0 Å². The summed E-state index contributed by atoms with van der Waals surface area (Å²) < 4.78 is 12.2. The highest BCUT2D eigenvalue weighted by Gasteiger charge is 2.21. The number of hydrazone groups is 1. The van der Waals surface area contributed by atoms with E-state index >= 15 is 0 Å². The minimum atomic E-state index is -1.15. The number of nitro groups is 1. The number of hydrogen-bond acceptors (Lipinski definition) is 8. The van der Waals surface area contributed by atoms with Crippen LogP contribution in [0.3, 0.4) is 0 Å². The molecule has 2 heterocycles. The number of furan rings is 1. The van der Waals surface area contributed by atoms with E-state index in [0.29, 0.717) is 28.6 Å². The lowest BCUT2D eigenvalue weighted by atomic mass is 10.1. The lowest BCUT2D eigenvalue weighted by Gasteiger charge is -2.07. The van der Waals surface area contributed by atoms with Crippen molar-refractivity contribution in [2.75, 3.05) is 0 Å². The maximum Gasteiger partial charge on any atom is 0.371 e. The lowest BCUT2D eigenvalue weighted by molar-refractivity contribution is -0.386. The number of hydrogen-bond donors (Lipinski definition) is 2. The molecule has 0 radical (unpaired) electrons. The molecule has 2 aromatic heterocycles. The Hall–Kier alpha value is -4.48. The number of aryl methyl sites for hydroxylation is 2. The maximum atomic E-state index is 12.1.